The highest BCUT2D eigenvalue weighted by molar-refractivity contribution is 5.73. The lowest BCUT2D eigenvalue weighted by molar-refractivity contribution is -0.193. The van der Waals surface area contributed by atoms with Crippen molar-refractivity contribution in [3.8, 4) is 5.88 Å². The van der Waals surface area contributed by atoms with Crippen molar-refractivity contribution < 1.29 is 74.0 Å². The fourth-order valence-electron chi connectivity index (χ4n) is 1.13. The van der Waals surface area contributed by atoms with Gasteiger partial charge < -0.3 is 25.4 Å². The van der Waals surface area contributed by atoms with Crippen LogP contribution in [-0.4, -0.2) is 69.9 Å². The summed E-state index contributed by atoms with van der Waals surface area (Å²) in [6, 6.07) is 3.95. The molecule has 1 aromatic heterocycles. The van der Waals surface area contributed by atoms with E-state index in [1.54, 1.807) is 6.20 Å². The van der Waals surface area contributed by atoms with Crippen molar-refractivity contribution in [3.05, 3.63) is 23.9 Å². The van der Waals surface area contributed by atoms with Gasteiger partial charge in [-0.3, -0.25) is 0 Å². The first-order valence-corrected chi connectivity index (χ1v) is 7.47. The number of carboxylic acids is 3. The van der Waals surface area contributed by atoms with E-state index < -0.39 is 36.4 Å². The Labute approximate surface area is 171 Å². The number of aliphatic carboxylic acids is 3. The van der Waals surface area contributed by atoms with Crippen LogP contribution in [0.2, 0.25) is 0 Å². The average molecular weight is 492 g/mol. The Morgan fingerprint density at radius 2 is 1.22 bits per heavy atom. The maximum Gasteiger partial charge on any atom is 0.490 e. The molecule has 2 heterocycles. The lowest BCUT2D eigenvalue weighted by atomic mass is 10.3. The molecule has 1 aromatic rings. The molecule has 0 fully saturated rings. The first-order valence-electron chi connectivity index (χ1n) is 7.47. The Balaban J connectivity index is 0. The number of aromatic nitrogens is 1. The molecule has 184 valence electrons. The SMILES string of the molecule is O=C(O)C(F)(F)F.O=C(O)C(F)(F)F.O=C(O)C(F)(F)F.c1cnc2c(c1)CNCCO2. The molecule has 18 heteroatoms. The van der Waals surface area contributed by atoms with Gasteiger partial charge in [-0.15, -0.1) is 0 Å². The van der Waals surface area contributed by atoms with Crippen LogP contribution in [0.3, 0.4) is 0 Å². The van der Waals surface area contributed by atoms with Crippen LogP contribution in [-0.2, 0) is 20.9 Å². The molecule has 0 aliphatic carbocycles. The van der Waals surface area contributed by atoms with Gasteiger partial charge in [0.05, 0.1) is 0 Å². The largest absolute Gasteiger partial charge is 0.490 e. The van der Waals surface area contributed by atoms with Gasteiger partial charge in [-0.25, -0.2) is 19.4 Å². The Morgan fingerprint density at radius 3 is 1.56 bits per heavy atom. The molecule has 4 N–H and O–H groups in total. The summed E-state index contributed by atoms with van der Waals surface area (Å²) in [6.45, 7) is 2.48. The molecular formula is C14H13F9N2O7. The molecule has 0 unspecified atom stereocenters. The van der Waals surface area contributed by atoms with Gasteiger partial charge in [0.1, 0.15) is 6.61 Å². The van der Waals surface area contributed by atoms with Crippen LogP contribution in [0.25, 0.3) is 0 Å². The molecule has 0 radical (unpaired) electrons. The van der Waals surface area contributed by atoms with Gasteiger partial charge in [0, 0.05) is 24.8 Å². The number of nitrogens with zero attached hydrogens (tertiary/aromatic N) is 1. The number of carbonyl (C=O) groups is 3. The van der Waals surface area contributed by atoms with Crippen molar-refractivity contribution in [1.29, 1.82) is 0 Å². The van der Waals surface area contributed by atoms with Gasteiger partial charge >= 0.3 is 36.4 Å². The molecule has 0 atom stereocenters. The van der Waals surface area contributed by atoms with E-state index in [2.05, 4.69) is 10.3 Å². The number of carboxylic acid groups (broad SMARTS) is 3. The number of rotatable bonds is 0. The average Bonchev–Trinajstić information content (AvgIpc) is 2.86. The molecule has 1 aliphatic heterocycles. The van der Waals surface area contributed by atoms with E-state index in [-0.39, 0.29) is 0 Å². The lowest BCUT2D eigenvalue weighted by Gasteiger charge is -2.02. The van der Waals surface area contributed by atoms with Gasteiger partial charge in [0.2, 0.25) is 5.88 Å². The van der Waals surface area contributed by atoms with E-state index in [0.29, 0.717) is 6.61 Å². The lowest BCUT2D eigenvalue weighted by Crippen LogP contribution is -2.21. The predicted molar refractivity (Wildman–Crippen MR) is 82.5 cm³/mol. The maximum atomic E-state index is 10.6. The summed E-state index contributed by atoms with van der Waals surface area (Å²) < 4.78 is 101. The van der Waals surface area contributed by atoms with Crippen molar-refractivity contribution in [2.45, 2.75) is 25.1 Å². The number of pyridine rings is 1. The van der Waals surface area contributed by atoms with E-state index in [4.69, 9.17) is 34.4 Å². The maximum absolute atomic E-state index is 10.6. The number of halogens is 9. The molecule has 9 nitrogen and oxygen atoms in total. The molecular weight excluding hydrogens is 479 g/mol. The summed E-state index contributed by atoms with van der Waals surface area (Å²) in [5.74, 6) is -7.50. The summed E-state index contributed by atoms with van der Waals surface area (Å²) in [5.41, 5.74) is 1.14. The van der Waals surface area contributed by atoms with Gasteiger partial charge in [-0.05, 0) is 6.07 Å². The molecule has 0 spiro atoms. The third kappa shape index (κ3) is 15.5. The van der Waals surface area contributed by atoms with Crippen molar-refractivity contribution in [1.82, 2.24) is 10.3 Å². The molecule has 0 aromatic carbocycles. The van der Waals surface area contributed by atoms with Crippen LogP contribution in [0, 0.1) is 0 Å². The van der Waals surface area contributed by atoms with E-state index in [1.165, 1.54) is 0 Å². The Hall–Kier alpha value is -3.31. The van der Waals surface area contributed by atoms with Crippen LogP contribution >= 0.6 is 0 Å². The summed E-state index contributed by atoms with van der Waals surface area (Å²) in [5, 5.41) is 24.6. The molecule has 0 saturated carbocycles. The number of hydrogen-bond donors (Lipinski definition) is 4. The number of alkyl halides is 9. The van der Waals surface area contributed by atoms with E-state index in [9.17, 15) is 39.5 Å². The Kier molecular flexibility index (Phi) is 12.7. The minimum atomic E-state index is -5.08. The van der Waals surface area contributed by atoms with Gasteiger partial charge in [-0.1, -0.05) is 6.07 Å². The molecule has 1 aliphatic rings. The summed E-state index contributed by atoms with van der Waals surface area (Å²) in [7, 11) is 0. The van der Waals surface area contributed by atoms with Crippen LogP contribution < -0.4 is 10.1 Å². The second-order valence-electron chi connectivity index (χ2n) is 4.90. The quantitative estimate of drug-likeness (QED) is 0.401. The summed E-state index contributed by atoms with van der Waals surface area (Å²) in [6.07, 6.45) is -13.5. The highest BCUT2D eigenvalue weighted by Crippen LogP contribution is 2.15. The topological polar surface area (TPSA) is 146 Å². The second kappa shape index (κ2) is 13.2. The zero-order valence-electron chi connectivity index (χ0n) is 15.2. The van der Waals surface area contributed by atoms with Gasteiger partial charge in [-0.2, -0.15) is 39.5 Å². The standard InChI is InChI=1S/C8H10N2O.3C2HF3O2/c1-2-7-6-9-4-5-11-8(7)10-3-1;3*3-2(4,5)1(6)7/h1-3,9H,4-6H2;3*(H,6,7). The molecule has 0 saturated heterocycles. The van der Waals surface area contributed by atoms with Crippen molar-refractivity contribution in [2.24, 2.45) is 0 Å². The second-order valence-corrected chi connectivity index (χ2v) is 4.90. The van der Waals surface area contributed by atoms with Crippen LogP contribution in [0.15, 0.2) is 18.3 Å². The van der Waals surface area contributed by atoms with Crippen LogP contribution in [0.5, 0.6) is 5.88 Å². The van der Waals surface area contributed by atoms with E-state index in [1.807, 2.05) is 12.1 Å². The molecule has 2 rings (SSSR count). The number of nitrogens with one attached hydrogen (secondary N) is 1. The smallest absolute Gasteiger partial charge is 0.476 e. The molecule has 0 amide bonds. The fraction of sp³-hybridized carbons (Fsp3) is 0.429. The highest BCUT2D eigenvalue weighted by Gasteiger charge is 2.39. The number of hydrogen-bond acceptors (Lipinski definition) is 6. The highest BCUT2D eigenvalue weighted by atomic mass is 19.4. The molecule has 32 heavy (non-hydrogen) atoms. The van der Waals surface area contributed by atoms with Crippen LogP contribution in [0.4, 0.5) is 39.5 Å². The minimum absolute atomic E-state index is 0.712. The zero-order chi connectivity index (χ0) is 25.8. The monoisotopic (exact) mass is 492 g/mol. The first-order chi connectivity index (χ1) is 14.3. The molecule has 0 bridgehead atoms. The van der Waals surface area contributed by atoms with E-state index >= 15 is 0 Å². The van der Waals surface area contributed by atoms with Gasteiger partial charge in [0.15, 0.2) is 0 Å². The predicted octanol–water partition coefficient (Wildman–Crippen LogP) is 2.46. The zero-order valence-corrected chi connectivity index (χ0v) is 15.2. The van der Waals surface area contributed by atoms with Crippen molar-refractivity contribution in [3.63, 3.8) is 0 Å². The fourth-order valence-corrected chi connectivity index (χ4v) is 1.13. The van der Waals surface area contributed by atoms with Crippen molar-refractivity contribution >= 4 is 17.9 Å². The summed E-state index contributed by atoms with van der Waals surface area (Å²) in [4.78, 5) is 30.8. The number of fused-ring (bicyclic) bond motifs is 1. The Bertz CT molecular complexity index is 667. The van der Waals surface area contributed by atoms with Crippen molar-refractivity contribution in [2.75, 3.05) is 13.2 Å². The van der Waals surface area contributed by atoms with E-state index in [0.717, 1.165) is 24.5 Å². The van der Waals surface area contributed by atoms with Gasteiger partial charge in [0.25, 0.3) is 0 Å². The van der Waals surface area contributed by atoms with Crippen LogP contribution in [0.1, 0.15) is 5.56 Å². The first kappa shape index (κ1) is 30.9. The normalized spacial score (nSPS) is 13.0. The summed E-state index contributed by atoms with van der Waals surface area (Å²) >= 11 is 0. The number of ether oxygens (including phenoxy) is 1. The third-order valence-corrected chi connectivity index (χ3v) is 2.41. The third-order valence-electron chi connectivity index (χ3n) is 2.41. The minimum Gasteiger partial charge on any atom is -0.476 e. The Morgan fingerprint density at radius 1 is 0.844 bits per heavy atom.